The van der Waals surface area contributed by atoms with Crippen molar-refractivity contribution >= 4 is 18.3 Å². The second-order valence-corrected chi connectivity index (χ2v) is 8.38. The number of aldehydes is 1. The van der Waals surface area contributed by atoms with Gasteiger partial charge in [0.25, 0.3) is 0 Å². The maximum absolute atomic E-state index is 12.8. The minimum Gasteiger partial charge on any atom is -0.445 e. The average molecular weight is 403 g/mol. The Morgan fingerprint density at radius 3 is 2.41 bits per heavy atom. The van der Waals surface area contributed by atoms with Crippen molar-refractivity contribution in [3.05, 3.63) is 35.9 Å². The molecular formula is C23H34N2O4. The van der Waals surface area contributed by atoms with E-state index in [1.807, 2.05) is 44.2 Å². The van der Waals surface area contributed by atoms with Gasteiger partial charge in [0.1, 0.15) is 18.9 Å². The zero-order valence-corrected chi connectivity index (χ0v) is 17.6. The number of benzene rings is 1. The van der Waals surface area contributed by atoms with E-state index >= 15 is 0 Å². The van der Waals surface area contributed by atoms with Gasteiger partial charge in [-0.3, -0.25) is 4.79 Å². The lowest BCUT2D eigenvalue weighted by Crippen LogP contribution is -2.51. The molecule has 6 heteroatoms. The van der Waals surface area contributed by atoms with Gasteiger partial charge in [0.2, 0.25) is 5.91 Å². The molecule has 0 unspecified atom stereocenters. The van der Waals surface area contributed by atoms with Crippen LogP contribution in [0.4, 0.5) is 4.79 Å². The molecule has 2 N–H and O–H groups in total. The quantitative estimate of drug-likeness (QED) is 0.580. The first kappa shape index (κ1) is 22.9. The van der Waals surface area contributed by atoms with E-state index in [9.17, 15) is 14.4 Å². The Bertz CT molecular complexity index is 642. The van der Waals surface area contributed by atoms with Crippen LogP contribution >= 0.6 is 0 Å². The summed E-state index contributed by atoms with van der Waals surface area (Å²) in [6, 6.07) is 8.13. The van der Waals surface area contributed by atoms with E-state index in [0.717, 1.165) is 24.7 Å². The molecule has 29 heavy (non-hydrogen) atoms. The molecule has 2 atom stereocenters. The van der Waals surface area contributed by atoms with Gasteiger partial charge in [-0.25, -0.2) is 4.79 Å². The van der Waals surface area contributed by atoms with Crippen molar-refractivity contribution in [2.24, 2.45) is 11.8 Å². The lowest BCUT2D eigenvalue weighted by atomic mass is 9.85. The molecule has 0 radical (unpaired) electrons. The molecule has 1 aromatic carbocycles. The van der Waals surface area contributed by atoms with Gasteiger partial charge >= 0.3 is 6.09 Å². The van der Waals surface area contributed by atoms with Crippen LogP contribution in [-0.4, -0.2) is 30.4 Å². The number of carbonyl (C=O) groups is 3. The molecule has 0 saturated heterocycles. The molecule has 2 rings (SSSR count). The van der Waals surface area contributed by atoms with E-state index in [2.05, 4.69) is 10.6 Å². The number of nitrogens with one attached hydrogen (secondary N) is 2. The van der Waals surface area contributed by atoms with Crippen molar-refractivity contribution in [3.8, 4) is 0 Å². The van der Waals surface area contributed by atoms with Gasteiger partial charge in [0.05, 0.1) is 6.04 Å². The predicted octanol–water partition coefficient (Wildman–Crippen LogP) is 3.98. The second-order valence-electron chi connectivity index (χ2n) is 8.38. The molecular weight excluding hydrogens is 368 g/mol. The molecule has 0 bridgehead atoms. The number of carbonyl (C=O) groups excluding carboxylic acids is 3. The SMILES string of the molecule is CC(C)C[C@H](NC(=O)OCc1ccccc1)C(=O)N[C@H](C=O)CC1CCCCC1. The summed E-state index contributed by atoms with van der Waals surface area (Å²) >= 11 is 0. The molecule has 1 saturated carbocycles. The molecule has 1 aliphatic rings. The van der Waals surface area contributed by atoms with Gasteiger partial charge in [0, 0.05) is 0 Å². The molecule has 2 amide bonds. The second kappa shape index (κ2) is 12.2. The van der Waals surface area contributed by atoms with Crippen LogP contribution < -0.4 is 10.6 Å². The van der Waals surface area contributed by atoms with E-state index in [1.54, 1.807) is 0 Å². The summed E-state index contributed by atoms with van der Waals surface area (Å²) in [4.78, 5) is 36.5. The maximum Gasteiger partial charge on any atom is 0.408 e. The van der Waals surface area contributed by atoms with E-state index < -0.39 is 18.2 Å². The van der Waals surface area contributed by atoms with Crippen molar-refractivity contribution < 1.29 is 19.1 Å². The Hall–Kier alpha value is -2.37. The summed E-state index contributed by atoms with van der Waals surface area (Å²) in [5, 5.41) is 5.48. The van der Waals surface area contributed by atoms with Crippen molar-refractivity contribution in [1.82, 2.24) is 10.6 Å². The Morgan fingerprint density at radius 1 is 1.10 bits per heavy atom. The normalized spacial score (nSPS) is 16.7. The highest BCUT2D eigenvalue weighted by Crippen LogP contribution is 2.27. The van der Waals surface area contributed by atoms with Gasteiger partial charge < -0.3 is 20.2 Å². The van der Waals surface area contributed by atoms with Gasteiger partial charge in [-0.05, 0) is 30.2 Å². The highest BCUT2D eigenvalue weighted by Gasteiger charge is 2.26. The van der Waals surface area contributed by atoms with Gasteiger partial charge in [-0.2, -0.15) is 0 Å². The van der Waals surface area contributed by atoms with E-state index in [4.69, 9.17) is 4.74 Å². The van der Waals surface area contributed by atoms with E-state index in [1.165, 1.54) is 19.3 Å². The van der Waals surface area contributed by atoms with Crippen LogP contribution in [-0.2, 0) is 20.9 Å². The van der Waals surface area contributed by atoms with Crippen LogP contribution in [0.3, 0.4) is 0 Å². The van der Waals surface area contributed by atoms with Crippen molar-refractivity contribution in [3.63, 3.8) is 0 Å². The Kier molecular flexibility index (Phi) is 9.68. The highest BCUT2D eigenvalue weighted by atomic mass is 16.5. The maximum atomic E-state index is 12.8. The van der Waals surface area contributed by atoms with Gasteiger partial charge in [-0.15, -0.1) is 0 Å². The van der Waals surface area contributed by atoms with Crippen LogP contribution in [0, 0.1) is 11.8 Å². The van der Waals surface area contributed by atoms with Crippen LogP contribution in [0.2, 0.25) is 0 Å². The first-order valence-corrected chi connectivity index (χ1v) is 10.7. The third kappa shape index (κ3) is 8.67. The summed E-state index contributed by atoms with van der Waals surface area (Å²) in [6.07, 6.45) is 7.17. The first-order chi connectivity index (χ1) is 14.0. The lowest BCUT2D eigenvalue weighted by molar-refractivity contribution is -0.126. The monoisotopic (exact) mass is 402 g/mol. The summed E-state index contributed by atoms with van der Waals surface area (Å²) in [5.74, 6) is 0.350. The molecule has 0 aliphatic heterocycles. The molecule has 0 spiro atoms. The van der Waals surface area contributed by atoms with Crippen LogP contribution in [0.1, 0.15) is 64.4 Å². The predicted molar refractivity (Wildman–Crippen MR) is 112 cm³/mol. The Morgan fingerprint density at radius 2 is 1.79 bits per heavy atom. The van der Waals surface area contributed by atoms with Crippen LogP contribution in [0.5, 0.6) is 0 Å². The third-order valence-electron chi connectivity index (χ3n) is 5.33. The minimum absolute atomic E-state index is 0.140. The smallest absolute Gasteiger partial charge is 0.408 e. The summed E-state index contributed by atoms with van der Waals surface area (Å²) in [7, 11) is 0. The van der Waals surface area contributed by atoms with Crippen molar-refractivity contribution in [2.75, 3.05) is 0 Å². The van der Waals surface area contributed by atoms with E-state index in [0.29, 0.717) is 18.8 Å². The third-order valence-corrected chi connectivity index (χ3v) is 5.33. The average Bonchev–Trinajstić information content (AvgIpc) is 2.72. The summed E-state index contributed by atoms with van der Waals surface area (Å²) in [6.45, 7) is 4.11. The number of hydrogen-bond donors (Lipinski definition) is 2. The largest absolute Gasteiger partial charge is 0.445 e. The first-order valence-electron chi connectivity index (χ1n) is 10.7. The summed E-state index contributed by atoms with van der Waals surface area (Å²) in [5.41, 5.74) is 0.876. The fourth-order valence-corrected chi connectivity index (χ4v) is 3.82. The zero-order chi connectivity index (χ0) is 21.1. The van der Waals surface area contributed by atoms with Gasteiger partial charge in [-0.1, -0.05) is 76.3 Å². The Balaban J connectivity index is 1.87. The molecule has 1 fully saturated rings. The zero-order valence-electron chi connectivity index (χ0n) is 17.6. The summed E-state index contributed by atoms with van der Waals surface area (Å²) < 4.78 is 5.24. The van der Waals surface area contributed by atoms with Crippen molar-refractivity contribution in [2.45, 2.75) is 77.5 Å². The van der Waals surface area contributed by atoms with Crippen molar-refractivity contribution in [1.29, 1.82) is 0 Å². The fraction of sp³-hybridized carbons (Fsp3) is 0.609. The number of alkyl carbamates (subject to hydrolysis) is 1. The molecule has 0 heterocycles. The van der Waals surface area contributed by atoms with Crippen LogP contribution in [0.25, 0.3) is 0 Å². The van der Waals surface area contributed by atoms with Crippen LogP contribution in [0.15, 0.2) is 30.3 Å². The number of hydrogen-bond acceptors (Lipinski definition) is 4. The minimum atomic E-state index is -0.730. The lowest BCUT2D eigenvalue weighted by Gasteiger charge is -2.26. The molecule has 1 aliphatic carbocycles. The highest BCUT2D eigenvalue weighted by molar-refractivity contribution is 5.87. The Labute approximate surface area is 173 Å². The number of amides is 2. The number of rotatable bonds is 10. The topological polar surface area (TPSA) is 84.5 Å². The molecule has 6 nitrogen and oxygen atoms in total. The van der Waals surface area contributed by atoms with E-state index in [-0.39, 0.29) is 18.4 Å². The molecule has 0 aromatic heterocycles. The van der Waals surface area contributed by atoms with Gasteiger partial charge in [0.15, 0.2) is 0 Å². The fourth-order valence-electron chi connectivity index (χ4n) is 3.82. The number of ether oxygens (including phenoxy) is 1. The molecule has 1 aromatic rings. The molecule has 160 valence electrons. The standard InChI is InChI=1S/C23H34N2O4/c1-17(2)13-21(25-23(28)29-16-19-11-7-4-8-12-19)22(27)24-20(15-26)14-18-9-5-3-6-10-18/h4,7-8,11-12,15,17-18,20-21H,3,5-6,9-10,13-14,16H2,1-2H3,(H,24,27)(H,25,28)/t20-,21-/m0/s1.